The highest BCUT2D eigenvalue weighted by atomic mass is 32.1. The van der Waals surface area contributed by atoms with Gasteiger partial charge < -0.3 is 15.6 Å². The van der Waals surface area contributed by atoms with Crippen molar-refractivity contribution >= 4 is 18.0 Å². The lowest BCUT2D eigenvalue weighted by molar-refractivity contribution is 0.757. The Morgan fingerprint density at radius 2 is 2.27 bits per heavy atom. The Hall–Kier alpha value is -0.940. The Labute approximate surface area is 93.5 Å². The van der Waals surface area contributed by atoms with Crippen molar-refractivity contribution in [1.82, 2.24) is 15.3 Å². The quantitative estimate of drug-likeness (QED) is 0.679. The molecule has 1 saturated carbocycles. The SMILES string of the molecule is S=c1nc(NCC2CC2)c2c([nH]1)CNC2. The first-order valence-electron chi connectivity index (χ1n) is 5.39. The molecule has 1 fully saturated rings. The minimum atomic E-state index is 0.579. The summed E-state index contributed by atoms with van der Waals surface area (Å²) in [6, 6.07) is 0. The smallest absolute Gasteiger partial charge is 0.199 e. The number of aromatic nitrogens is 2. The first kappa shape index (κ1) is 9.30. The first-order valence-corrected chi connectivity index (χ1v) is 5.80. The summed E-state index contributed by atoms with van der Waals surface area (Å²) in [6.45, 7) is 2.80. The molecule has 1 aliphatic carbocycles. The molecule has 4 nitrogen and oxygen atoms in total. The third-order valence-corrected chi connectivity index (χ3v) is 3.17. The fourth-order valence-corrected chi connectivity index (χ4v) is 2.12. The summed E-state index contributed by atoms with van der Waals surface area (Å²) < 4.78 is 0.579. The maximum Gasteiger partial charge on any atom is 0.199 e. The number of nitrogens with one attached hydrogen (secondary N) is 3. The van der Waals surface area contributed by atoms with Gasteiger partial charge in [-0.2, -0.15) is 0 Å². The first-order chi connectivity index (χ1) is 7.33. The van der Waals surface area contributed by atoms with Crippen LogP contribution in [0.1, 0.15) is 24.1 Å². The monoisotopic (exact) mass is 222 g/mol. The maximum absolute atomic E-state index is 5.10. The summed E-state index contributed by atoms with van der Waals surface area (Å²) in [5.74, 6) is 1.83. The van der Waals surface area contributed by atoms with Gasteiger partial charge >= 0.3 is 0 Å². The average Bonchev–Trinajstić information content (AvgIpc) is 2.92. The minimum absolute atomic E-state index is 0.579. The second-order valence-corrected chi connectivity index (χ2v) is 4.66. The molecule has 1 aromatic rings. The van der Waals surface area contributed by atoms with Crippen LogP contribution in [0.3, 0.4) is 0 Å². The number of anilines is 1. The summed E-state index contributed by atoms with van der Waals surface area (Å²) in [5.41, 5.74) is 2.44. The van der Waals surface area contributed by atoms with Crippen LogP contribution in [0.5, 0.6) is 0 Å². The summed E-state index contributed by atoms with van der Waals surface area (Å²) in [7, 11) is 0. The van der Waals surface area contributed by atoms with Crippen LogP contribution in [0.4, 0.5) is 5.82 Å². The van der Waals surface area contributed by atoms with Gasteiger partial charge in [-0.05, 0) is 31.0 Å². The van der Waals surface area contributed by atoms with Gasteiger partial charge in [0.15, 0.2) is 4.77 Å². The van der Waals surface area contributed by atoms with Crippen molar-refractivity contribution in [3.05, 3.63) is 16.0 Å². The normalized spacial score (nSPS) is 18.9. The summed E-state index contributed by atoms with van der Waals surface area (Å²) in [6.07, 6.45) is 2.71. The molecule has 0 unspecified atom stereocenters. The van der Waals surface area contributed by atoms with E-state index in [2.05, 4.69) is 20.6 Å². The molecular formula is C10H14N4S. The molecule has 1 aromatic heterocycles. The van der Waals surface area contributed by atoms with Gasteiger partial charge in [-0.15, -0.1) is 0 Å². The molecule has 0 amide bonds. The zero-order chi connectivity index (χ0) is 10.3. The lowest BCUT2D eigenvalue weighted by Gasteiger charge is -2.08. The average molecular weight is 222 g/mol. The second-order valence-electron chi connectivity index (χ2n) is 4.28. The van der Waals surface area contributed by atoms with Crippen LogP contribution in [-0.2, 0) is 13.1 Å². The third kappa shape index (κ3) is 1.89. The number of hydrogen-bond donors (Lipinski definition) is 3. The predicted octanol–water partition coefficient (Wildman–Crippen LogP) is 1.56. The van der Waals surface area contributed by atoms with Crippen molar-refractivity contribution in [2.45, 2.75) is 25.9 Å². The second kappa shape index (κ2) is 3.57. The number of nitrogens with zero attached hydrogens (tertiary/aromatic N) is 1. The molecule has 3 rings (SSSR count). The Bertz CT molecular complexity index is 436. The fraction of sp³-hybridized carbons (Fsp3) is 0.600. The molecule has 5 heteroatoms. The molecule has 15 heavy (non-hydrogen) atoms. The van der Waals surface area contributed by atoms with Crippen LogP contribution in [0.25, 0.3) is 0 Å². The van der Waals surface area contributed by atoms with E-state index in [1.54, 1.807) is 0 Å². The van der Waals surface area contributed by atoms with Crippen LogP contribution in [0.15, 0.2) is 0 Å². The molecule has 0 bridgehead atoms. The van der Waals surface area contributed by atoms with Crippen molar-refractivity contribution in [1.29, 1.82) is 0 Å². The highest BCUT2D eigenvalue weighted by Gasteiger charge is 2.22. The summed E-state index contributed by atoms with van der Waals surface area (Å²) >= 11 is 5.10. The molecule has 80 valence electrons. The van der Waals surface area contributed by atoms with Crippen molar-refractivity contribution in [3.8, 4) is 0 Å². The van der Waals surface area contributed by atoms with E-state index in [0.29, 0.717) is 4.77 Å². The molecular weight excluding hydrogens is 208 g/mol. The Kier molecular flexibility index (Phi) is 2.21. The molecule has 2 aliphatic rings. The Balaban J connectivity index is 1.87. The Morgan fingerprint density at radius 1 is 1.40 bits per heavy atom. The lowest BCUT2D eigenvalue weighted by atomic mass is 10.2. The highest BCUT2D eigenvalue weighted by molar-refractivity contribution is 7.71. The van der Waals surface area contributed by atoms with Gasteiger partial charge in [-0.3, -0.25) is 0 Å². The zero-order valence-corrected chi connectivity index (χ0v) is 9.28. The third-order valence-electron chi connectivity index (χ3n) is 2.98. The van der Waals surface area contributed by atoms with Crippen molar-refractivity contribution < 1.29 is 0 Å². The highest BCUT2D eigenvalue weighted by Crippen LogP contribution is 2.29. The van der Waals surface area contributed by atoms with E-state index in [1.807, 2.05) is 0 Å². The van der Waals surface area contributed by atoms with Crippen LogP contribution < -0.4 is 10.6 Å². The van der Waals surface area contributed by atoms with Gasteiger partial charge in [-0.25, -0.2) is 4.98 Å². The molecule has 0 saturated heterocycles. The van der Waals surface area contributed by atoms with E-state index in [4.69, 9.17) is 12.2 Å². The van der Waals surface area contributed by atoms with Gasteiger partial charge in [0.05, 0.1) is 0 Å². The van der Waals surface area contributed by atoms with E-state index in [9.17, 15) is 0 Å². The van der Waals surface area contributed by atoms with Crippen LogP contribution in [0, 0.1) is 10.7 Å². The largest absolute Gasteiger partial charge is 0.369 e. The minimum Gasteiger partial charge on any atom is -0.369 e. The number of fused-ring (bicyclic) bond motifs is 1. The van der Waals surface area contributed by atoms with Gasteiger partial charge in [0.25, 0.3) is 0 Å². The summed E-state index contributed by atoms with van der Waals surface area (Å²) in [5, 5.41) is 6.71. The number of aromatic amines is 1. The van der Waals surface area contributed by atoms with E-state index < -0.39 is 0 Å². The predicted molar refractivity (Wildman–Crippen MR) is 61.2 cm³/mol. The fourth-order valence-electron chi connectivity index (χ4n) is 1.91. The summed E-state index contributed by atoms with van der Waals surface area (Å²) in [4.78, 5) is 7.49. The van der Waals surface area contributed by atoms with Crippen molar-refractivity contribution in [3.63, 3.8) is 0 Å². The van der Waals surface area contributed by atoms with Crippen molar-refractivity contribution in [2.24, 2.45) is 5.92 Å². The van der Waals surface area contributed by atoms with E-state index in [0.717, 1.165) is 31.4 Å². The van der Waals surface area contributed by atoms with Crippen molar-refractivity contribution in [2.75, 3.05) is 11.9 Å². The van der Waals surface area contributed by atoms with Gasteiger partial charge in [-0.1, -0.05) is 0 Å². The number of hydrogen-bond acceptors (Lipinski definition) is 4. The number of H-pyrrole nitrogens is 1. The molecule has 0 aromatic carbocycles. The van der Waals surface area contributed by atoms with Gasteiger partial charge in [0, 0.05) is 30.9 Å². The topological polar surface area (TPSA) is 52.7 Å². The molecule has 0 atom stereocenters. The lowest BCUT2D eigenvalue weighted by Crippen LogP contribution is -2.09. The molecule has 0 radical (unpaired) electrons. The van der Waals surface area contributed by atoms with Gasteiger partial charge in [0.2, 0.25) is 0 Å². The van der Waals surface area contributed by atoms with Crippen LogP contribution >= 0.6 is 12.2 Å². The van der Waals surface area contributed by atoms with E-state index in [1.165, 1.54) is 24.1 Å². The zero-order valence-electron chi connectivity index (χ0n) is 8.47. The molecule has 1 aliphatic heterocycles. The molecule has 3 N–H and O–H groups in total. The van der Waals surface area contributed by atoms with Crippen LogP contribution in [0.2, 0.25) is 0 Å². The molecule has 0 spiro atoms. The molecule has 2 heterocycles. The van der Waals surface area contributed by atoms with E-state index in [-0.39, 0.29) is 0 Å². The maximum atomic E-state index is 5.10. The van der Waals surface area contributed by atoms with Crippen LogP contribution in [-0.4, -0.2) is 16.5 Å². The standard InChI is InChI=1S/C10H14N4S/c15-10-13-8-5-11-4-7(8)9(14-10)12-3-6-1-2-6/h6,11H,1-5H2,(H2,12,13,14,15). The Morgan fingerprint density at radius 3 is 3.07 bits per heavy atom. The van der Waals surface area contributed by atoms with Gasteiger partial charge in [0.1, 0.15) is 5.82 Å². The van der Waals surface area contributed by atoms with E-state index >= 15 is 0 Å². The number of rotatable bonds is 3.